The van der Waals surface area contributed by atoms with E-state index in [4.69, 9.17) is 11.6 Å². The molecule has 0 aliphatic heterocycles. The maximum Gasteiger partial charge on any atom is 0.352 e. The van der Waals surface area contributed by atoms with Crippen LogP contribution in [0.1, 0.15) is 10.5 Å². The van der Waals surface area contributed by atoms with Crippen molar-refractivity contribution in [2.45, 2.75) is 0 Å². The normalized spacial score (nSPS) is 10.9. The summed E-state index contributed by atoms with van der Waals surface area (Å²) in [7, 11) is 0. The molecule has 0 unspecified atom stereocenters. The number of para-hydroxylation sites is 1. The number of pyridine rings is 1. The van der Waals surface area contributed by atoms with Gasteiger partial charge in [0.15, 0.2) is 0 Å². The Labute approximate surface area is 127 Å². The van der Waals surface area contributed by atoms with Crippen molar-refractivity contribution in [2.75, 3.05) is 0 Å². The van der Waals surface area contributed by atoms with E-state index in [1.807, 2.05) is 24.3 Å². The van der Waals surface area contributed by atoms with E-state index in [1.165, 1.54) is 10.6 Å². The SMILES string of the molecule is O=C(O)c1cc(Cl)cn1-c1cccc2cc(Br)cnc12. The molecule has 0 spiro atoms. The number of aromatic carboxylic acids is 1. The summed E-state index contributed by atoms with van der Waals surface area (Å²) in [6.45, 7) is 0. The van der Waals surface area contributed by atoms with Crippen LogP contribution < -0.4 is 0 Å². The van der Waals surface area contributed by atoms with Gasteiger partial charge in [0.25, 0.3) is 0 Å². The van der Waals surface area contributed by atoms with E-state index in [-0.39, 0.29) is 5.69 Å². The van der Waals surface area contributed by atoms with Crippen molar-refractivity contribution < 1.29 is 9.90 Å². The highest BCUT2D eigenvalue weighted by molar-refractivity contribution is 9.10. The van der Waals surface area contributed by atoms with Gasteiger partial charge in [0.1, 0.15) is 5.69 Å². The van der Waals surface area contributed by atoms with Crippen LogP contribution in [0.5, 0.6) is 0 Å². The average molecular weight is 352 g/mol. The topological polar surface area (TPSA) is 55.1 Å². The van der Waals surface area contributed by atoms with Gasteiger partial charge >= 0.3 is 5.97 Å². The summed E-state index contributed by atoms with van der Waals surface area (Å²) in [6, 6.07) is 8.93. The molecule has 0 bridgehead atoms. The van der Waals surface area contributed by atoms with E-state index < -0.39 is 5.97 Å². The first-order chi connectivity index (χ1) is 9.56. The van der Waals surface area contributed by atoms with Crippen LogP contribution in [-0.4, -0.2) is 20.6 Å². The number of nitrogens with zero attached hydrogens (tertiary/aromatic N) is 2. The van der Waals surface area contributed by atoms with Crippen LogP contribution >= 0.6 is 27.5 Å². The van der Waals surface area contributed by atoms with Crippen LogP contribution in [0.25, 0.3) is 16.6 Å². The minimum Gasteiger partial charge on any atom is -0.477 e. The molecule has 0 amide bonds. The average Bonchev–Trinajstić information content (AvgIpc) is 2.80. The molecular weight excluding hydrogens is 344 g/mol. The zero-order valence-corrected chi connectivity index (χ0v) is 12.4. The molecule has 2 aromatic heterocycles. The molecule has 0 saturated heterocycles. The number of rotatable bonds is 2. The van der Waals surface area contributed by atoms with Crippen LogP contribution in [-0.2, 0) is 0 Å². The summed E-state index contributed by atoms with van der Waals surface area (Å²) in [5, 5.41) is 10.5. The molecule has 1 aromatic carbocycles. The summed E-state index contributed by atoms with van der Waals surface area (Å²) in [5.74, 6) is -1.04. The largest absolute Gasteiger partial charge is 0.477 e. The number of fused-ring (bicyclic) bond motifs is 1. The number of aromatic nitrogens is 2. The van der Waals surface area contributed by atoms with Crippen LogP contribution in [0.2, 0.25) is 5.02 Å². The van der Waals surface area contributed by atoms with Gasteiger partial charge in [-0.25, -0.2) is 4.79 Å². The van der Waals surface area contributed by atoms with Crippen LogP contribution in [0.15, 0.2) is 47.2 Å². The third-order valence-corrected chi connectivity index (χ3v) is 3.56. The highest BCUT2D eigenvalue weighted by atomic mass is 79.9. The van der Waals surface area contributed by atoms with Gasteiger partial charge in [-0.3, -0.25) is 4.98 Å². The number of hydrogen-bond donors (Lipinski definition) is 1. The zero-order valence-electron chi connectivity index (χ0n) is 10.0. The Morgan fingerprint density at radius 1 is 1.35 bits per heavy atom. The van der Waals surface area contributed by atoms with E-state index in [2.05, 4.69) is 20.9 Å². The van der Waals surface area contributed by atoms with Gasteiger partial charge in [0.2, 0.25) is 0 Å². The van der Waals surface area contributed by atoms with Crippen LogP contribution in [0.4, 0.5) is 0 Å². The number of carboxylic acids is 1. The lowest BCUT2D eigenvalue weighted by Crippen LogP contribution is -2.06. The van der Waals surface area contributed by atoms with Crippen LogP contribution in [0.3, 0.4) is 0 Å². The molecule has 3 aromatic rings. The zero-order chi connectivity index (χ0) is 14.3. The molecule has 6 heteroatoms. The summed E-state index contributed by atoms with van der Waals surface area (Å²) < 4.78 is 2.40. The Hall–Kier alpha value is -1.85. The van der Waals surface area contributed by atoms with E-state index in [0.29, 0.717) is 16.2 Å². The van der Waals surface area contributed by atoms with Gasteiger partial charge < -0.3 is 9.67 Å². The highest BCUT2D eigenvalue weighted by Crippen LogP contribution is 2.26. The Morgan fingerprint density at radius 2 is 2.15 bits per heavy atom. The summed E-state index contributed by atoms with van der Waals surface area (Å²) >= 11 is 9.29. The molecule has 100 valence electrons. The molecule has 0 saturated carbocycles. The Bertz CT molecular complexity index is 829. The summed E-state index contributed by atoms with van der Waals surface area (Å²) in [6.07, 6.45) is 3.25. The van der Waals surface area contributed by atoms with Crippen molar-refractivity contribution in [3.05, 3.63) is 57.9 Å². The quantitative estimate of drug-likeness (QED) is 0.755. The van der Waals surface area contributed by atoms with Crippen molar-refractivity contribution in [3.8, 4) is 5.69 Å². The smallest absolute Gasteiger partial charge is 0.352 e. The number of hydrogen-bond acceptors (Lipinski definition) is 2. The molecule has 0 atom stereocenters. The molecule has 4 nitrogen and oxygen atoms in total. The maximum absolute atomic E-state index is 11.3. The minimum absolute atomic E-state index is 0.104. The van der Waals surface area contributed by atoms with Crippen molar-refractivity contribution in [3.63, 3.8) is 0 Å². The first-order valence-electron chi connectivity index (χ1n) is 5.72. The van der Waals surface area contributed by atoms with E-state index in [9.17, 15) is 9.90 Å². The lowest BCUT2D eigenvalue weighted by molar-refractivity contribution is 0.0688. The number of carbonyl (C=O) groups is 1. The first-order valence-corrected chi connectivity index (χ1v) is 6.89. The number of carboxylic acid groups (broad SMARTS) is 1. The molecule has 0 aliphatic rings. The summed E-state index contributed by atoms with van der Waals surface area (Å²) in [5.41, 5.74) is 1.50. The molecule has 1 N–H and O–H groups in total. The van der Waals surface area contributed by atoms with Crippen molar-refractivity contribution in [2.24, 2.45) is 0 Å². The molecule has 0 radical (unpaired) electrons. The highest BCUT2D eigenvalue weighted by Gasteiger charge is 2.15. The number of benzene rings is 1. The molecule has 0 aliphatic carbocycles. The van der Waals surface area contributed by atoms with Gasteiger partial charge in [-0.05, 0) is 34.1 Å². The van der Waals surface area contributed by atoms with E-state index in [0.717, 1.165) is 9.86 Å². The second-order valence-corrected chi connectivity index (χ2v) is 5.57. The van der Waals surface area contributed by atoms with Gasteiger partial charge in [-0.15, -0.1) is 0 Å². The molecule has 2 heterocycles. The van der Waals surface area contributed by atoms with Crippen molar-refractivity contribution in [1.29, 1.82) is 0 Å². The maximum atomic E-state index is 11.3. The van der Waals surface area contributed by atoms with Gasteiger partial charge in [0.05, 0.1) is 16.2 Å². The lowest BCUT2D eigenvalue weighted by Gasteiger charge is -2.09. The number of halogens is 2. The van der Waals surface area contributed by atoms with E-state index >= 15 is 0 Å². The molecule has 20 heavy (non-hydrogen) atoms. The summed E-state index contributed by atoms with van der Waals surface area (Å²) in [4.78, 5) is 15.7. The second-order valence-electron chi connectivity index (χ2n) is 4.22. The van der Waals surface area contributed by atoms with Gasteiger partial charge in [0, 0.05) is 22.3 Å². The molecule has 3 rings (SSSR count). The fourth-order valence-corrected chi connectivity index (χ4v) is 2.66. The van der Waals surface area contributed by atoms with Crippen molar-refractivity contribution in [1.82, 2.24) is 9.55 Å². The third kappa shape index (κ3) is 2.19. The second kappa shape index (κ2) is 4.92. The predicted octanol–water partition coefficient (Wildman–Crippen LogP) is 4.14. The molecular formula is C14H8BrClN2O2. The monoisotopic (exact) mass is 350 g/mol. The Morgan fingerprint density at radius 3 is 2.90 bits per heavy atom. The lowest BCUT2D eigenvalue weighted by atomic mass is 10.2. The Balaban J connectivity index is 2.32. The Kier molecular flexibility index (Phi) is 3.23. The standard InChI is InChI=1S/C14H8BrClN2O2/c15-9-4-8-2-1-3-11(13(8)17-6-9)18-7-10(16)5-12(18)14(19)20/h1-7H,(H,19,20). The van der Waals surface area contributed by atoms with E-state index in [1.54, 1.807) is 12.4 Å². The van der Waals surface area contributed by atoms with Gasteiger partial charge in [-0.1, -0.05) is 23.7 Å². The fraction of sp³-hybridized carbons (Fsp3) is 0. The first kappa shape index (κ1) is 13.1. The minimum atomic E-state index is -1.04. The van der Waals surface area contributed by atoms with Crippen LogP contribution in [0, 0.1) is 0 Å². The molecule has 0 fully saturated rings. The predicted molar refractivity (Wildman–Crippen MR) is 80.7 cm³/mol. The third-order valence-electron chi connectivity index (χ3n) is 2.92. The van der Waals surface area contributed by atoms with Gasteiger partial charge in [-0.2, -0.15) is 0 Å². The van der Waals surface area contributed by atoms with Crippen molar-refractivity contribution >= 4 is 44.4 Å². The fourth-order valence-electron chi connectivity index (χ4n) is 2.11.